The smallest absolute Gasteiger partial charge is 0.291 e. The van der Waals surface area contributed by atoms with Crippen molar-refractivity contribution in [3.63, 3.8) is 0 Å². The van der Waals surface area contributed by atoms with Crippen molar-refractivity contribution < 1.29 is 17.9 Å². The number of pyridine rings is 1. The molecule has 3 N–H and O–H groups in total. The molecule has 6 heterocycles. The first-order valence-electron chi connectivity index (χ1n) is 14.3. The number of nitrogen functional groups attached to an aromatic ring is 1. The first kappa shape index (κ1) is 28.0. The summed E-state index contributed by atoms with van der Waals surface area (Å²) in [5, 5.41) is 10.9. The number of hydrogen-bond donors (Lipinski definition) is 2. The molecule has 1 aromatic carbocycles. The van der Waals surface area contributed by atoms with E-state index in [1.807, 2.05) is 42.2 Å². The topological polar surface area (TPSA) is 174 Å². The van der Waals surface area contributed by atoms with Gasteiger partial charge in [0.05, 0.1) is 24.7 Å². The van der Waals surface area contributed by atoms with E-state index in [0.717, 1.165) is 47.2 Å². The third-order valence-corrected chi connectivity index (χ3v) is 9.93. The predicted molar refractivity (Wildman–Crippen MR) is 162 cm³/mol. The molecule has 3 atom stereocenters. The summed E-state index contributed by atoms with van der Waals surface area (Å²) in [5.41, 5.74) is 11.6. The quantitative estimate of drug-likeness (QED) is 0.289. The lowest BCUT2D eigenvalue weighted by Crippen LogP contribution is -2.46. The minimum atomic E-state index is -3.76. The molecule has 0 aliphatic carbocycles. The standard InChI is InChI=1S/C30H31N9O4S/c1-16-10-17(5-9-24(16)43-2)23-8-4-18(13-32-23)22-14-35-39-27(31)26(44(3,41)42)25(36-29(22)39)19-11-20-6-7-21(12-19)38(20)30(40)28-33-15-34-37-28/h4-5,8-10,13-15,19-21H,6-7,11-12,31H2,1-3H3,(H,33,34,37)/t19?,20-,21?/m0/s1. The molecule has 226 valence electrons. The Balaban J connectivity index is 1.26. The minimum Gasteiger partial charge on any atom is -0.496 e. The number of carbonyl (C=O) groups is 1. The number of benzene rings is 1. The summed E-state index contributed by atoms with van der Waals surface area (Å²) in [5.74, 6) is 0.615. The number of nitrogens with two attached hydrogens (primary N) is 1. The van der Waals surface area contributed by atoms with Crippen LogP contribution in [0.1, 0.15) is 53.5 Å². The Morgan fingerprint density at radius 3 is 2.43 bits per heavy atom. The van der Waals surface area contributed by atoms with Crippen molar-refractivity contribution in [2.45, 2.75) is 55.5 Å². The van der Waals surface area contributed by atoms with Crippen molar-refractivity contribution in [2.24, 2.45) is 0 Å². The molecule has 2 saturated heterocycles. The number of ether oxygens (including phenoxy) is 1. The van der Waals surface area contributed by atoms with E-state index in [1.165, 1.54) is 10.8 Å². The highest BCUT2D eigenvalue weighted by atomic mass is 32.2. The van der Waals surface area contributed by atoms with E-state index < -0.39 is 9.84 Å². The zero-order valence-electron chi connectivity index (χ0n) is 24.4. The fourth-order valence-electron chi connectivity index (χ4n) is 6.80. The zero-order valence-corrected chi connectivity index (χ0v) is 25.2. The van der Waals surface area contributed by atoms with Gasteiger partial charge in [-0.1, -0.05) is 6.07 Å². The first-order valence-corrected chi connectivity index (χ1v) is 16.2. The van der Waals surface area contributed by atoms with Gasteiger partial charge >= 0.3 is 0 Å². The highest BCUT2D eigenvalue weighted by Crippen LogP contribution is 2.45. The number of sulfone groups is 1. The van der Waals surface area contributed by atoms with E-state index in [1.54, 1.807) is 19.5 Å². The number of aromatic nitrogens is 7. The second-order valence-electron chi connectivity index (χ2n) is 11.5. The Labute approximate surface area is 253 Å². The van der Waals surface area contributed by atoms with Gasteiger partial charge in [-0.05, 0) is 62.4 Å². The average Bonchev–Trinajstić information content (AvgIpc) is 3.75. The van der Waals surface area contributed by atoms with Gasteiger partial charge in [0.25, 0.3) is 5.91 Å². The van der Waals surface area contributed by atoms with Gasteiger partial charge in [0.15, 0.2) is 15.5 Å². The Hall–Kier alpha value is -4.85. The average molecular weight is 614 g/mol. The SMILES string of the molecule is COc1ccc(-c2ccc(-c3cnn4c(N)c(S(C)(=O)=O)c(C5CC6CC[C@@H](C5)N6C(=O)c5ncn[nH]5)nc34)cn2)cc1C. The summed E-state index contributed by atoms with van der Waals surface area (Å²) in [6, 6.07) is 9.61. The summed E-state index contributed by atoms with van der Waals surface area (Å²) in [4.78, 5) is 28.7. The number of aromatic amines is 1. The number of methoxy groups -OCH3 is 1. The van der Waals surface area contributed by atoms with Crippen LogP contribution in [0.5, 0.6) is 5.75 Å². The lowest BCUT2D eigenvalue weighted by Gasteiger charge is -2.38. The minimum absolute atomic E-state index is 0.0117. The second kappa shape index (κ2) is 10.4. The van der Waals surface area contributed by atoms with Crippen LogP contribution in [0.2, 0.25) is 0 Å². The van der Waals surface area contributed by atoms with E-state index in [9.17, 15) is 13.2 Å². The van der Waals surface area contributed by atoms with Gasteiger partial charge < -0.3 is 15.4 Å². The zero-order chi connectivity index (χ0) is 30.7. The van der Waals surface area contributed by atoms with E-state index in [2.05, 4.69) is 20.3 Å². The normalized spacial score (nSPS) is 19.9. The molecule has 7 rings (SSSR count). The molecule has 44 heavy (non-hydrogen) atoms. The molecule has 2 fully saturated rings. The van der Waals surface area contributed by atoms with Crippen LogP contribution in [0, 0.1) is 6.92 Å². The number of anilines is 1. The molecular weight excluding hydrogens is 582 g/mol. The number of nitrogens with one attached hydrogen (secondary N) is 1. The molecule has 0 saturated carbocycles. The molecule has 2 aliphatic heterocycles. The summed E-state index contributed by atoms with van der Waals surface area (Å²) < 4.78 is 33.0. The molecule has 0 spiro atoms. The number of rotatable bonds is 6. The van der Waals surface area contributed by atoms with Crippen LogP contribution in [-0.2, 0) is 9.84 Å². The molecule has 2 aliphatic rings. The van der Waals surface area contributed by atoms with Crippen molar-refractivity contribution in [1.82, 2.24) is 39.7 Å². The fourth-order valence-corrected chi connectivity index (χ4v) is 7.86. The third-order valence-electron chi connectivity index (χ3n) is 8.77. The van der Waals surface area contributed by atoms with E-state index in [4.69, 9.17) is 20.4 Å². The molecule has 1 amide bonds. The maximum Gasteiger partial charge on any atom is 0.291 e. The Morgan fingerprint density at radius 1 is 1.07 bits per heavy atom. The van der Waals surface area contributed by atoms with Crippen LogP contribution >= 0.6 is 0 Å². The van der Waals surface area contributed by atoms with Gasteiger partial charge in [-0.2, -0.15) is 14.7 Å². The van der Waals surface area contributed by atoms with Crippen molar-refractivity contribution >= 4 is 27.2 Å². The van der Waals surface area contributed by atoms with E-state index in [-0.39, 0.29) is 40.4 Å². The number of H-pyrrole nitrogens is 1. The van der Waals surface area contributed by atoms with Crippen molar-refractivity contribution in [3.8, 4) is 28.1 Å². The van der Waals surface area contributed by atoms with Crippen LogP contribution < -0.4 is 10.5 Å². The highest BCUT2D eigenvalue weighted by molar-refractivity contribution is 7.91. The number of fused-ring (bicyclic) bond motifs is 3. The summed E-state index contributed by atoms with van der Waals surface area (Å²) in [6.07, 6.45) is 8.58. The Kier molecular flexibility index (Phi) is 6.61. The molecule has 4 aromatic heterocycles. The molecule has 5 aromatic rings. The number of piperidine rings is 1. The number of aryl methyl sites for hydroxylation is 1. The van der Waals surface area contributed by atoms with Crippen LogP contribution in [0.25, 0.3) is 28.0 Å². The molecule has 2 unspecified atom stereocenters. The highest BCUT2D eigenvalue weighted by Gasteiger charge is 2.46. The van der Waals surface area contributed by atoms with Crippen LogP contribution in [0.15, 0.2) is 53.9 Å². The van der Waals surface area contributed by atoms with Crippen LogP contribution in [0.4, 0.5) is 5.82 Å². The number of nitrogens with zero attached hydrogens (tertiary/aromatic N) is 7. The fraction of sp³-hybridized carbons (Fsp3) is 0.333. The third kappa shape index (κ3) is 4.56. The Bertz CT molecular complexity index is 1990. The maximum atomic E-state index is 13.2. The maximum absolute atomic E-state index is 13.2. The van der Waals surface area contributed by atoms with Crippen molar-refractivity contribution in [3.05, 3.63) is 66.1 Å². The molecule has 0 radical (unpaired) electrons. The monoisotopic (exact) mass is 613 g/mol. The van der Waals surface area contributed by atoms with E-state index >= 15 is 0 Å². The van der Waals surface area contributed by atoms with Crippen molar-refractivity contribution in [2.75, 3.05) is 19.1 Å². The molecule has 13 nitrogen and oxygen atoms in total. The van der Waals surface area contributed by atoms with E-state index in [0.29, 0.717) is 29.7 Å². The van der Waals surface area contributed by atoms with Gasteiger partial charge in [0, 0.05) is 47.1 Å². The van der Waals surface area contributed by atoms with Gasteiger partial charge in [0.2, 0.25) is 5.82 Å². The lowest BCUT2D eigenvalue weighted by molar-refractivity contribution is 0.0556. The summed E-state index contributed by atoms with van der Waals surface area (Å²) in [6.45, 7) is 1.98. The Morgan fingerprint density at radius 2 is 1.82 bits per heavy atom. The lowest BCUT2D eigenvalue weighted by atomic mass is 9.87. The molecular formula is C30H31N9O4S. The molecule has 2 bridgehead atoms. The largest absolute Gasteiger partial charge is 0.496 e. The summed E-state index contributed by atoms with van der Waals surface area (Å²) in [7, 11) is -2.11. The number of amides is 1. The second-order valence-corrected chi connectivity index (χ2v) is 13.4. The summed E-state index contributed by atoms with van der Waals surface area (Å²) >= 11 is 0. The van der Waals surface area contributed by atoms with Gasteiger partial charge in [-0.25, -0.2) is 18.4 Å². The van der Waals surface area contributed by atoms with Gasteiger partial charge in [-0.3, -0.25) is 14.9 Å². The molecule has 14 heteroatoms. The van der Waals surface area contributed by atoms with Gasteiger partial charge in [0.1, 0.15) is 22.8 Å². The number of hydrogen-bond acceptors (Lipinski definition) is 10. The van der Waals surface area contributed by atoms with Crippen LogP contribution in [0.3, 0.4) is 0 Å². The van der Waals surface area contributed by atoms with Crippen LogP contribution in [-0.4, -0.2) is 79.4 Å². The number of carbonyl (C=O) groups excluding carboxylic acids is 1. The van der Waals surface area contributed by atoms with Crippen molar-refractivity contribution in [1.29, 1.82) is 0 Å². The van der Waals surface area contributed by atoms with Gasteiger partial charge in [-0.15, -0.1) is 0 Å². The predicted octanol–water partition coefficient (Wildman–Crippen LogP) is 3.43. The first-order chi connectivity index (χ1) is 21.1.